The summed E-state index contributed by atoms with van der Waals surface area (Å²) in [5.74, 6) is -2.47. The molecule has 3 aliphatic carbocycles. The van der Waals surface area contributed by atoms with Crippen molar-refractivity contribution < 1.29 is 30.7 Å². The molecule has 0 amide bonds. The number of benzene rings is 2. The van der Waals surface area contributed by atoms with E-state index in [1.165, 1.54) is 63.5 Å². The lowest BCUT2D eigenvalue weighted by Crippen LogP contribution is -2.25. The van der Waals surface area contributed by atoms with Gasteiger partial charge in [-0.15, -0.1) is 0 Å². The predicted molar refractivity (Wildman–Crippen MR) is 156 cm³/mol. The molecule has 2 aromatic carbocycles. The van der Waals surface area contributed by atoms with E-state index in [9.17, 15) is 22.0 Å². The zero-order valence-electron chi connectivity index (χ0n) is 25.2. The van der Waals surface area contributed by atoms with E-state index in [1.807, 2.05) is 0 Å². The average molecular weight is 611 g/mol. The van der Waals surface area contributed by atoms with Crippen LogP contribution in [0, 0.1) is 41.0 Å². The summed E-state index contributed by atoms with van der Waals surface area (Å²) in [7, 11) is 0. The molecule has 0 aromatic heterocycles. The Balaban J connectivity index is 1.14. The zero-order valence-corrected chi connectivity index (χ0v) is 25.2. The van der Waals surface area contributed by atoms with Gasteiger partial charge >= 0.3 is 6.18 Å². The van der Waals surface area contributed by atoms with Crippen LogP contribution in [-0.2, 0) is 6.18 Å². The monoisotopic (exact) mass is 610 g/mol. The molecule has 0 saturated heterocycles. The fourth-order valence-electron chi connectivity index (χ4n) is 8.60. The van der Waals surface area contributed by atoms with Crippen LogP contribution in [0.1, 0.15) is 150 Å². The van der Waals surface area contributed by atoms with Crippen molar-refractivity contribution in [1.82, 2.24) is 0 Å². The van der Waals surface area contributed by atoms with Crippen LogP contribution in [0.4, 0.5) is 30.7 Å². The topological polar surface area (TPSA) is 0 Å². The van der Waals surface area contributed by atoms with Gasteiger partial charge in [0.1, 0.15) is 28.8 Å². The summed E-state index contributed by atoms with van der Waals surface area (Å²) in [4.78, 5) is 0. The van der Waals surface area contributed by atoms with Gasteiger partial charge in [0.25, 0.3) is 0 Å². The number of hydrogen-bond acceptors (Lipinski definition) is 0. The molecule has 0 heterocycles. The summed E-state index contributed by atoms with van der Waals surface area (Å²) in [6.07, 6.45) is 11.3. The lowest BCUT2D eigenvalue weighted by molar-refractivity contribution is -0.142. The third kappa shape index (κ3) is 7.61. The highest BCUT2D eigenvalue weighted by atomic mass is 19.4. The van der Waals surface area contributed by atoms with Crippen molar-refractivity contribution >= 4 is 0 Å². The average Bonchev–Trinajstić information content (AvgIpc) is 2.97. The maximum atomic E-state index is 15.4. The van der Waals surface area contributed by atoms with Crippen LogP contribution < -0.4 is 0 Å². The van der Waals surface area contributed by atoms with Crippen molar-refractivity contribution in [3.05, 3.63) is 69.8 Å². The highest BCUT2D eigenvalue weighted by Crippen LogP contribution is 2.47. The first kappa shape index (κ1) is 32.3. The second kappa shape index (κ2) is 13.9. The third-order valence-corrected chi connectivity index (χ3v) is 11.1. The molecular formula is C36H45F7. The number of halogens is 7. The van der Waals surface area contributed by atoms with Crippen LogP contribution in [0.15, 0.2) is 24.3 Å². The van der Waals surface area contributed by atoms with Gasteiger partial charge in [0.05, 0.1) is 0 Å². The minimum atomic E-state index is -5.11. The number of alkyl halides is 3. The SMILES string of the molecule is CCCCCC1CCC(C2CCC(c3cc(F)c(C4CCC(c5cc(F)c(C(F)(F)F)c(F)c5)CC4)c(F)c3)CC2)CC1. The summed E-state index contributed by atoms with van der Waals surface area (Å²) in [6, 6.07) is 4.53. The Labute approximate surface area is 251 Å². The molecule has 3 saturated carbocycles. The Morgan fingerprint density at radius 2 is 0.977 bits per heavy atom. The van der Waals surface area contributed by atoms with Crippen molar-refractivity contribution in [2.45, 2.75) is 134 Å². The molecule has 0 unspecified atom stereocenters. The molecule has 0 aliphatic heterocycles. The van der Waals surface area contributed by atoms with Crippen molar-refractivity contribution in [2.75, 3.05) is 0 Å². The Morgan fingerprint density at radius 1 is 0.558 bits per heavy atom. The standard InChI is InChI=1S/C36H45F7/c1-2-3-4-5-22-6-8-23(9-7-22)24-10-12-25(13-11-24)28-18-30(37)34(31(38)19-28)27-16-14-26(15-17-27)29-20-32(39)35(33(40)21-29)36(41,42)43/h18-27H,2-17H2,1H3. The van der Waals surface area contributed by atoms with Crippen molar-refractivity contribution in [2.24, 2.45) is 17.8 Å². The summed E-state index contributed by atoms with van der Waals surface area (Å²) in [5.41, 5.74) is -0.922. The Morgan fingerprint density at radius 3 is 1.44 bits per heavy atom. The van der Waals surface area contributed by atoms with E-state index in [0.717, 1.165) is 61.1 Å². The van der Waals surface area contributed by atoms with Crippen LogP contribution in [0.5, 0.6) is 0 Å². The van der Waals surface area contributed by atoms with E-state index in [1.54, 1.807) is 0 Å². The maximum Gasteiger partial charge on any atom is 0.422 e. The lowest BCUT2D eigenvalue weighted by atomic mass is 9.68. The van der Waals surface area contributed by atoms with Gasteiger partial charge in [-0.1, -0.05) is 45.4 Å². The fourth-order valence-corrected chi connectivity index (χ4v) is 8.60. The van der Waals surface area contributed by atoms with Crippen molar-refractivity contribution in [3.8, 4) is 0 Å². The second-order valence-electron chi connectivity index (χ2n) is 13.7. The maximum absolute atomic E-state index is 15.4. The van der Waals surface area contributed by atoms with Crippen molar-refractivity contribution in [3.63, 3.8) is 0 Å². The molecule has 0 atom stereocenters. The minimum Gasteiger partial charge on any atom is -0.207 e. The van der Waals surface area contributed by atoms with Gasteiger partial charge in [-0.2, -0.15) is 13.2 Å². The molecule has 2 aromatic rings. The van der Waals surface area contributed by atoms with Crippen LogP contribution >= 0.6 is 0 Å². The highest BCUT2D eigenvalue weighted by Gasteiger charge is 2.39. The molecule has 43 heavy (non-hydrogen) atoms. The van der Waals surface area contributed by atoms with E-state index < -0.39 is 35.0 Å². The van der Waals surface area contributed by atoms with Crippen LogP contribution in [-0.4, -0.2) is 0 Å². The molecule has 0 bridgehead atoms. The van der Waals surface area contributed by atoms with Gasteiger partial charge in [-0.25, -0.2) is 17.6 Å². The normalized spacial score (nSPS) is 28.7. The molecule has 3 aliphatic rings. The van der Waals surface area contributed by atoms with Gasteiger partial charge in [-0.05, 0) is 135 Å². The third-order valence-electron chi connectivity index (χ3n) is 11.1. The van der Waals surface area contributed by atoms with Gasteiger partial charge in [0, 0.05) is 5.56 Å². The summed E-state index contributed by atoms with van der Waals surface area (Å²) in [5, 5.41) is 0. The second-order valence-corrected chi connectivity index (χ2v) is 13.7. The quantitative estimate of drug-likeness (QED) is 0.206. The van der Waals surface area contributed by atoms with Gasteiger partial charge in [-0.3, -0.25) is 0 Å². The number of rotatable bonds is 8. The fraction of sp³-hybridized carbons (Fsp3) is 0.667. The summed E-state index contributed by atoms with van der Waals surface area (Å²) >= 11 is 0. The van der Waals surface area contributed by atoms with E-state index >= 15 is 8.78 Å². The van der Waals surface area contributed by atoms with E-state index in [0.29, 0.717) is 25.7 Å². The largest absolute Gasteiger partial charge is 0.422 e. The first-order valence-corrected chi connectivity index (χ1v) is 16.6. The zero-order chi connectivity index (χ0) is 30.7. The highest BCUT2D eigenvalue weighted by molar-refractivity contribution is 5.34. The Bertz CT molecular complexity index is 1160. The smallest absolute Gasteiger partial charge is 0.207 e. The molecule has 0 N–H and O–H groups in total. The minimum absolute atomic E-state index is 0.0661. The van der Waals surface area contributed by atoms with Crippen LogP contribution in [0.25, 0.3) is 0 Å². The van der Waals surface area contributed by atoms with Gasteiger partial charge in [0.15, 0.2) is 0 Å². The molecule has 238 valence electrons. The first-order chi connectivity index (χ1) is 20.5. The molecule has 5 rings (SSSR count). The summed E-state index contributed by atoms with van der Waals surface area (Å²) < 4.78 is 97.9. The molecule has 0 radical (unpaired) electrons. The molecule has 7 heteroatoms. The Hall–Kier alpha value is -2.05. The summed E-state index contributed by atoms with van der Waals surface area (Å²) in [6.45, 7) is 2.25. The van der Waals surface area contributed by atoms with Crippen molar-refractivity contribution in [1.29, 1.82) is 0 Å². The van der Waals surface area contributed by atoms with E-state index in [2.05, 4.69) is 6.92 Å². The lowest BCUT2D eigenvalue weighted by Gasteiger charge is -2.38. The number of unbranched alkanes of at least 4 members (excludes halogenated alkanes) is 2. The molecule has 0 nitrogen and oxygen atoms in total. The van der Waals surface area contributed by atoms with Crippen LogP contribution in [0.2, 0.25) is 0 Å². The van der Waals surface area contributed by atoms with E-state index in [4.69, 9.17) is 0 Å². The van der Waals surface area contributed by atoms with Gasteiger partial charge in [0.2, 0.25) is 0 Å². The van der Waals surface area contributed by atoms with Crippen LogP contribution in [0.3, 0.4) is 0 Å². The molecule has 0 spiro atoms. The van der Waals surface area contributed by atoms with Gasteiger partial charge < -0.3 is 0 Å². The molecular weight excluding hydrogens is 565 g/mol. The first-order valence-electron chi connectivity index (χ1n) is 16.6. The number of hydrogen-bond donors (Lipinski definition) is 0. The molecule has 3 fully saturated rings. The Kier molecular flexibility index (Phi) is 10.5. The van der Waals surface area contributed by atoms with E-state index in [-0.39, 0.29) is 28.9 Å². The predicted octanol–water partition coefficient (Wildman–Crippen LogP) is 12.4.